The van der Waals surface area contributed by atoms with Crippen LogP contribution in [0.5, 0.6) is 5.75 Å². The van der Waals surface area contributed by atoms with E-state index in [-0.39, 0.29) is 0 Å². The Morgan fingerprint density at radius 1 is 0.692 bits per heavy atom. The van der Waals surface area contributed by atoms with Crippen molar-refractivity contribution >= 4 is 0 Å². The molecule has 0 fully saturated rings. The first-order chi connectivity index (χ1) is 12.8. The van der Waals surface area contributed by atoms with Gasteiger partial charge in [-0.1, -0.05) is 60.7 Å². The summed E-state index contributed by atoms with van der Waals surface area (Å²) in [6.07, 6.45) is 0. The minimum Gasteiger partial charge on any atom is -0.497 e. The topological polar surface area (TPSA) is 46.2 Å². The molecule has 1 aromatic heterocycles. The van der Waals surface area contributed by atoms with Crippen LogP contribution in [0.3, 0.4) is 0 Å². The molecule has 0 radical (unpaired) electrons. The molecule has 3 aromatic rings. The first kappa shape index (κ1) is 18.1. The van der Waals surface area contributed by atoms with Crippen molar-refractivity contribution in [3.8, 4) is 5.75 Å². The van der Waals surface area contributed by atoms with E-state index in [1.807, 2.05) is 24.3 Å². The molecule has 0 aliphatic carbocycles. The molecule has 0 aliphatic rings. The van der Waals surface area contributed by atoms with Crippen LogP contribution in [-0.4, -0.2) is 12.1 Å². The van der Waals surface area contributed by atoms with Gasteiger partial charge in [0.1, 0.15) is 5.75 Å². The molecular weight excluding hydrogens is 322 g/mol. The summed E-state index contributed by atoms with van der Waals surface area (Å²) >= 11 is 0. The molecule has 2 aromatic carbocycles. The Kier molecular flexibility index (Phi) is 6.76. The molecule has 26 heavy (non-hydrogen) atoms. The molecule has 0 aliphatic heterocycles. The molecule has 0 spiro atoms. The van der Waals surface area contributed by atoms with Gasteiger partial charge in [0.2, 0.25) is 0 Å². The Labute approximate surface area is 155 Å². The van der Waals surface area contributed by atoms with Crippen LogP contribution in [0.2, 0.25) is 0 Å². The maximum absolute atomic E-state index is 5.43. The summed E-state index contributed by atoms with van der Waals surface area (Å²) in [5.41, 5.74) is 4.49. The van der Waals surface area contributed by atoms with E-state index in [1.54, 1.807) is 7.11 Å². The molecule has 3 rings (SSSR count). The summed E-state index contributed by atoms with van der Waals surface area (Å²) in [6, 6.07) is 24.7. The maximum Gasteiger partial charge on any atom is 0.122 e. The van der Waals surface area contributed by atoms with Crippen LogP contribution >= 0.6 is 0 Å². The average Bonchev–Trinajstić information content (AvgIpc) is 2.69. The molecule has 0 saturated carbocycles. The third-order valence-corrected chi connectivity index (χ3v) is 4.10. The summed E-state index contributed by atoms with van der Waals surface area (Å²) in [5, 5.41) is 6.88. The number of hydrogen-bond donors (Lipinski definition) is 2. The molecule has 4 nitrogen and oxygen atoms in total. The normalized spacial score (nSPS) is 10.7. The molecule has 0 amide bonds. The Hall–Kier alpha value is -2.69. The van der Waals surface area contributed by atoms with E-state index in [4.69, 9.17) is 9.72 Å². The minimum atomic E-state index is 0.706. The predicted octanol–water partition coefficient (Wildman–Crippen LogP) is 3.67. The Morgan fingerprint density at radius 2 is 1.15 bits per heavy atom. The van der Waals surface area contributed by atoms with Crippen LogP contribution < -0.4 is 15.4 Å². The third-order valence-electron chi connectivity index (χ3n) is 4.10. The number of nitrogens with one attached hydrogen (secondary N) is 2. The van der Waals surface area contributed by atoms with Gasteiger partial charge in [0.05, 0.1) is 18.5 Å². The highest BCUT2D eigenvalue weighted by molar-refractivity contribution is 5.27. The van der Waals surface area contributed by atoms with Gasteiger partial charge in [-0.25, -0.2) is 0 Å². The molecule has 4 heteroatoms. The van der Waals surface area contributed by atoms with E-state index in [2.05, 4.69) is 59.2 Å². The van der Waals surface area contributed by atoms with Gasteiger partial charge in [-0.2, -0.15) is 0 Å². The van der Waals surface area contributed by atoms with Crippen LogP contribution in [0.4, 0.5) is 0 Å². The standard InChI is InChI=1S/C22H25N3O/c1-26-22-12-20(16-23-14-18-8-4-2-5-9-18)25-21(13-22)17-24-15-19-10-6-3-7-11-19/h2-13,23-24H,14-17H2,1H3. The first-order valence-corrected chi connectivity index (χ1v) is 8.86. The predicted molar refractivity (Wildman–Crippen MR) is 105 cm³/mol. The molecule has 0 saturated heterocycles. The van der Waals surface area contributed by atoms with Crippen molar-refractivity contribution in [3.05, 3.63) is 95.3 Å². The molecular formula is C22H25N3O. The van der Waals surface area contributed by atoms with E-state index < -0.39 is 0 Å². The van der Waals surface area contributed by atoms with Crippen molar-refractivity contribution in [1.82, 2.24) is 15.6 Å². The van der Waals surface area contributed by atoms with Gasteiger partial charge in [0.15, 0.2) is 0 Å². The fourth-order valence-electron chi connectivity index (χ4n) is 2.78. The van der Waals surface area contributed by atoms with Crippen molar-refractivity contribution < 1.29 is 4.74 Å². The Morgan fingerprint density at radius 3 is 1.58 bits per heavy atom. The Bertz CT molecular complexity index is 727. The fraction of sp³-hybridized carbons (Fsp3) is 0.227. The Balaban J connectivity index is 1.55. The number of ether oxygens (including phenoxy) is 1. The van der Waals surface area contributed by atoms with E-state index in [0.717, 1.165) is 30.2 Å². The zero-order valence-electron chi connectivity index (χ0n) is 15.1. The van der Waals surface area contributed by atoms with Crippen molar-refractivity contribution in [1.29, 1.82) is 0 Å². The number of methoxy groups -OCH3 is 1. The second kappa shape index (κ2) is 9.70. The highest BCUT2D eigenvalue weighted by Gasteiger charge is 2.04. The molecule has 0 unspecified atom stereocenters. The lowest BCUT2D eigenvalue weighted by molar-refractivity contribution is 0.412. The smallest absolute Gasteiger partial charge is 0.122 e. The summed E-state index contributed by atoms with van der Waals surface area (Å²) < 4.78 is 5.43. The quantitative estimate of drug-likeness (QED) is 0.620. The van der Waals surface area contributed by atoms with Gasteiger partial charge in [-0.05, 0) is 11.1 Å². The van der Waals surface area contributed by atoms with E-state index in [0.29, 0.717) is 13.1 Å². The summed E-state index contributed by atoms with van der Waals surface area (Å²) in [5.74, 6) is 0.841. The molecule has 1 heterocycles. The highest BCUT2D eigenvalue weighted by Crippen LogP contribution is 2.14. The van der Waals surface area contributed by atoms with E-state index >= 15 is 0 Å². The maximum atomic E-state index is 5.43. The third kappa shape index (κ3) is 5.69. The van der Waals surface area contributed by atoms with Gasteiger partial charge in [0.25, 0.3) is 0 Å². The van der Waals surface area contributed by atoms with E-state index in [9.17, 15) is 0 Å². The molecule has 0 bridgehead atoms. The lowest BCUT2D eigenvalue weighted by Crippen LogP contribution is -2.17. The number of hydrogen-bond acceptors (Lipinski definition) is 4. The minimum absolute atomic E-state index is 0.706. The van der Waals surface area contributed by atoms with Crippen LogP contribution in [0, 0.1) is 0 Å². The second-order valence-electron chi connectivity index (χ2n) is 6.17. The zero-order chi connectivity index (χ0) is 18.0. The summed E-state index contributed by atoms with van der Waals surface area (Å²) in [4.78, 5) is 4.74. The second-order valence-corrected chi connectivity index (χ2v) is 6.17. The molecule has 2 N–H and O–H groups in total. The molecule has 0 atom stereocenters. The van der Waals surface area contributed by atoms with Gasteiger partial charge in [0, 0.05) is 38.3 Å². The van der Waals surface area contributed by atoms with Gasteiger partial charge in [-0.3, -0.25) is 4.98 Å². The lowest BCUT2D eigenvalue weighted by atomic mass is 10.2. The van der Waals surface area contributed by atoms with Crippen molar-refractivity contribution in [2.24, 2.45) is 0 Å². The van der Waals surface area contributed by atoms with Gasteiger partial charge < -0.3 is 15.4 Å². The van der Waals surface area contributed by atoms with Crippen LogP contribution in [0.1, 0.15) is 22.5 Å². The number of rotatable bonds is 9. The number of aromatic nitrogens is 1. The van der Waals surface area contributed by atoms with Gasteiger partial charge in [-0.15, -0.1) is 0 Å². The largest absolute Gasteiger partial charge is 0.497 e. The highest BCUT2D eigenvalue weighted by atomic mass is 16.5. The fourth-order valence-corrected chi connectivity index (χ4v) is 2.78. The van der Waals surface area contributed by atoms with Crippen molar-refractivity contribution in [3.63, 3.8) is 0 Å². The monoisotopic (exact) mass is 347 g/mol. The van der Waals surface area contributed by atoms with Crippen LogP contribution in [-0.2, 0) is 26.2 Å². The first-order valence-electron chi connectivity index (χ1n) is 8.86. The number of benzene rings is 2. The van der Waals surface area contributed by atoms with E-state index in [1.165, 1.54) is 11.1 Å². The van der Waals surface area contributed by atoms with Crippen LogP contribution in [0.25, 0.3) is 0 Å². The zero-order valence-corrected chi connectivity index (χ0v) is 15.1. The van der Waals surface area contributed by atoms with Crippen molar-refractivity contribution in [2.45, 2.75) is 26.2 Å². The average molecular weight is 347 g/mol. The SMILES string of the molecule is COc1cc(CNCc2ccccc2)nc(CNCc2ccccc2)c1. The number of nitrogens with zero attached hydrogens (tertiary/aromatic N) is 1. The van der Waals surface area contributed by atoms with Gasteiger partial charge >= 0.3 is 0 Å². The van der Waals surface area contributed by atoms with Crippen molar-refractivity contribution in [2.75, 3.05) is 7.11 Å². The van der Waals surface area contributed by atoms with Crippen LogP contribution in [0.15, 0.2) is 72.8 Å². The molecule has 134 valence electrons. The summed E-state index contributed by atoms with van der Waals surface area (Å²) in [7, 11) is 1.69. The lowest BCUT2D eigenvalue weighted by Gasteiger charge is -2.10. The summed E-state index contributed by atoms with van der Waals surface area (Å²) in [6.45, 7) is 3.05. The number of pyridine rings is 1.